The van der Waals surface area contributed by atoms with Gasteiger partial charge in [-0.15, -0.1) is 0 Å². The number of alkyl halides is 3. The van der Waals surface area contributed by atoms with E-state index in [2.05, 4.69) is 16.5 Å². The lowest BCUT2D eigenvalue weighted by Crippen LogP contribution is -2.36. The summed E-state index contributed by atoms with van der Waals surface area (Å²) in [6, 6.07) is 9.00. The Bertz CT molecular complexity index is 798. The number of rotatable bonds is 4. The van der Waals surface area contributed by atoms with Crippen LogP contribution in [-0.2, 0) is 23.9 Å². The zero-order chi connectivity index (χ0) is 18.9. The molecule has 3 rings (SSSR count). The molecule has 26 heavy (non-hydrogen) atoms. The van der Waals surface area contributed by atoms with E-state index in [1.54, 1.807) is 13.8 Å². The van der Waals surface area contributed by atoms with Gasteiger partial charge in [0.25, 0.3) is 0 Å². The number of fused-ring (bicyclic) bond motifs is 1. The lowest BCUT2D eigenvalue weighted by molar-refractivity contribution is -0.141. The fourth-order valence-corrected chi connectivity index (χ4v) is 3.39. The van der Waals surface area contributed by atoms with Gasteiger partial charge in [0.2, 0.25) is 5.91 Å². The lowest BCUT2D eigenvalue weighted by Gasteiger charge is -2.27. The van der Waals surface area contributed by atoms with Crippen LogP contribution in [0.15, 0.2) is 30.3 Å². The van der Waals surface area contributed by atoms with E-state index in [1.165, 1.54) is 10.2 Å². The number of carbonyl (C=O) groups excluding carboxylic acids is 1. The average molecular weight is 365 g/mol. The number of amides is 1. The molecule has 0 bridgehead atoms. The topological polar surface area (TPSA) is 46.9 Å². The van der Waals surface area contributed by atoms with Gasteiger partial charge in [0.05, 0.1) is 18.5 Å². The fourth-order valence-electron chi connectivity index (χ4n) is 3.39. The summed E-state index contributed by atoms with van der Waals surface area (Å²) < 4.78 is 39.6. The highest BCUT2D eigenvalue weighted by atomic mass is 19.4. The molecule has 4 nitrogen and oxygen atoms in total. The molecular weight excluding hydrogens is 343 g/mol. The van der Waals surface area contributed by atoms with E-state index in [0.717, 1.165) is 30.9 Å². The molecular formula is C19H22F3N3O. The van der Waals surface area contributed by atoms with Gasteiger partial charge < -0.3 is 5.32 Å². The fraction of sp³-hybridized carbons (Fsp3) is 0.474. The standard InChI is InChI=1S/C19H22F3N3O/c1-12(11-25-13(2)10-17(24-25)19(20,21)22)18(26)23-16-9-5-7-14-6-3-4-8-15(14)16/h3-4,6,8,10,12,16H,5,7,9,11H2,1-2H3,(H,23,26)/t12-,16-/m1/s1. The zero-order valence-electron chi connectivity index (χ0n) is 14.8. The third-order valence-corrected chi connectivity index (χ3v) is 4.85. The van der Waals surface area contributed by atoms with Crippen molar-refractivity contribution in [1.82, 2.24) is 15.1 Å². The van der Waals surface area contributed by atoms with E-state index in [0.29, 0.717) is 5.69 Å². The van der Waals surface area contributed by atoms with Gasteiger partial charge >= 0.3 is 6.18 Å². The first-order valence-electron chi connectivity index (χ1n) is 8.75. The van der Waals surface area contributed by atoms with Crippen molar-refractivity contribution in [2.75, 3.05) is 0 Å². The number of halogens is 3. The molecule has 0 spiro atoms. The van der Waals surface area contributed by atoms with Gasteiger partial charge in [0, 0.05) is 5.69 Å². The third-order valence-electron chi connectivity index (χ3n) is 4.85. The third kappa shape index (κ3) is 3.92. The summed E-state index contributed by atoms with van der Waals surface area (Å²) in [4.78, 5) is 12.6. The molecule has 1 N–H and O–H groups in total. The minimum absolute atomic E-state index is 0.0423. The van der Waals surface area contributed by atoms with Crippen LogP contribution in [-0.4, -0.2) is 15.7 Å². The number of hydrogen-bond donors (Lipinski definition) is 1. The molecule has 0 aliphatic heterocycles. The lowest BCUT2D eigenvalue weighted by atomic mass is 9.87. The van der Waals surface area contributed by atoms with E-state index < -0.39 is 17.8 Å². The van der Waals surface area contributed by atoms with Crippen LogP contribution < -0.4 is 5.32 Å². The number of hydrogen-bond acceptors (Lipinski definition) is 2. The highest BCUT2D eigenvalue weighted by molar-refractivity contribution is 5.78. The molecule has 2 aromatic rings. The molecule has 0 saturated carbocycles. The van der Waals surface area contributed by atoms with Crippen molar-refractivity contribution in [3.05, 3.63) is 52.8 Å². The largest absolute Gasteiger partial charge is 0.435 e. The van der Waals surface area contributed by atoms with E-state index in [4.69, 9.17) is 0 Å². The van der Waals surface area contributed by atoms with Crippen LogP contribution in [0.5, 0.6) is 0 Å². The molecule has 1 amide bonds. The van der Waals surface area contributed by atoms with Gasteiger partial charge in [-0.05, 0) is 43.4 Å². The van der Waals surface area contributed by atoms with Crippen LogP contribution in [0.2, 0.25) is 0 Å². The maximum absolute atomic E-state index is 12.8. The van der Waals surface area contributed by atoms with Crippen LogP contribution in [0.4, 0.5) is 13.2 Å². The van der Waals surface area contributed by atoms with Crippen molar-refractivity contribution in [1.29, 1.82) is 0 Å². The number of aromatic nitrogens is 2. The quantitative estimate of drug-likeness (QED) is 0.889. The molecule has 0 radical (unpaired) electrons. The highest BCUT2D eigenvalue weighted by Crippen LogP contribution is 2.30. The second-order valence-electron chi connectivity index (χ2n) is 6.90. The van der Waals surface area contributed by atoms with Crippen molar-refractivity contribution in [2.45, 2.75) is 51.9 Å². The number of carbonyl (C=O) groups is 1. The van der Waals surface area contributed by atoms with Crippen molar-refractivity contribution < 1.29 is 18.0 Å². The van der Waals surface area contributed by atoms with Crippen molar-refractivity contribution in [2.24, 2.45) is 5.92 Å². The van der Waals surface area contributed by atoms with E-state index in [1.807, 2.05) is 18.2 Å². The Morgan fingerprint density at radius 2 is 2.12 bits per heavy atom. The SMILES string of the molecule is Cc1cc(C(F)(F)F)nn1C[C@@H](C)C(=O)N[C@@H]1CCCc2ccccc21. The Labute approximate surface area is 150 Å². The predicted octanol–water partition coefficient (Wildman–Crippen LogP) is 4.04. The maximum atomic E-state index is 12.8. The first-order valence-corrected chi connectivity index (χ1v) is 8.75. The van der Waals surface area contributed by atoms with Crippen LogP contribution in [0, 0.1) is 12.8 Å². The Kier molecular flexibility index (Phi) is 5.07. The van der Waals surface area contributed by atoms with Crippen LogP contribution >= 0.6 is 0 Å². The molecule has 1 heterocycles. The first kappa shape index (κ1) is 18.5. The smallest absolute Gasteiger partial charge is 0.349 e. The first-order chi connectivity index (χ1) is 12.3. The minimum atomic E-state index is -4.48. The second-order valence-corrected chi connectivity index (χ2v) is 6.90. The average Bonchev–Trinajstić information content (AvgIpc) is 2.96. The van der Waals surface area contributed by atoms with Gasteiger partial charge in [-0.2, -0.15) is 18.3 Å². The Morgan fingerprint density at radius 1 is 1.38 bits per heavy atom. The van der Waals surface area contributed by atoms with Gasteiger partial charge in [-0.1, -0.05) is 31.2 Å². The molecule has 0 unspecified atom stereocenters. The van der Waals surface area contributed by atoms with Gasteiger partial charge in [0.1, 0.15) is 0 Å². The normalized spacial score (nSPS) is 18.3. The van der Waals surface area contributed by atoms with Crippen molar-refractivity contribution >= 4 is 5.91 Å². The molecule has 0 saturated heterocycles. The van der Waals surface area contributed by atoms with Gasteiger partial charge in [0.15, 0.2) is 5.69 Å². The number of nitrogens with zero attached hydrogens (tertiary/aromatic N) is 2. The number of nitrogens with one attached hydrogen (secondary N) is 1. The molecule has 1 aromatic heterocycles. The van der Waals surface area contributed by atoms with E-state index in [9.17, 15) is 18.0 Å². The predicted molar refractivity (Wildman–Crippen MR) is 91.4 cm³/mol. The number of benzene rings is 1. The molecule has 1 aliphatic rings. The number of aryl methyl sites for hydroxylation is 2. The minimum Gasteiger partial charge on any atom is -0.349 e. The second kappa shape index (κ2) is 7.13. The molecule has 1 aromatic carbocycles. The summed E-state index contributed by atoms with van der Waals surface area (Å²) in [6.07, 6.45) is -1.60. The Balaban J connectivity index is 1.67. The maximum Gasteiger partial charge on any atom is 0.435 e. The molecule has 1 aliphatic carbocycles. The van der Waals surface area contributed by atoms with E-state index >= 15 is 0 Å². The van der Waals surface area contributed by atoms with Gasteiger partial charge in [-0.25, -0.2) is 0 Å². The molecule has 7 heteroatoms. The summed E-state index contributed by atoms with van der Waals surface area (Å²) in [7, 11) is 0. The van der Waals surface area contributed by atoms with Crippen LogP contribution in [0.3, 0.4) is 0 Å². The summed E-state index contributed by atoms with van der Waals surface area (Å²) in [5.41, 5.74) is 1.84. The van der Waals surface area contributed by atoms with Crippen molar-refractivity contribution in [3.8, 4) is 0 Å². The summed E-state index contributed by atoms with van der Waals surface area (Å²) in [5, 5.41) is 6.65. The summed E-state index contributed by atoms with van der Waals surface area (Å²) in [6.45, 7) is 3.38. The Hall–Kier alpha value is -2.31. The van der Waals surface area contributed by atoms with Crippen LogP contribution in [0.25, 0.3) is 0 Å². The van der Waals surface area contributed by atoms with E-state index in [-0.39, 0.29) is 18.5 Å². The molecule has 140 valence electrons. The Morgan fingerprint density at radius 3 is 2.81 bits per heavy atom. The van der Waals surface area contributed by atoms with Crippen LogP contribution in [0.1, 0.15) is 48.3 Å². The summed E-state index contributed by atoms with van der Waals surface area (Å²) in [5.74, 6) is -0.654. The zero-order valence-corrected chi connectivity index (χ0v) is 14.8. The van der Waals surface area contributed by atoms with Crippen molar-refractivity contribution in [3.63, 3.8) is 0 Å². The molecule has 2 atom stereocenters. The highest BCUT2D eigenvalue weighted by Gasteiger charge is 2.34. The monoisotopic (exact) mass is 365 g/mol. The summed E-state index contributed by atoms with van der Waals surface area (Å²) >= 11 is 0. The van der Waals surface area contributed by atoms with Gasteiger partial charge in [-0.3, -0.25) is 9.48 Å². The molecule has 0 fully saturated rings.